The van der Waals surface area contributed by atoms with Gasteiger partial charge in [-0.3, -0.25) is 0 Å². The number of phenolic OH excluding ortho intramolecular Hbond substituents is 2. The second-order valence-corrected chi connectivity index (χ2v) is 11.3. The normalized spacial score (nSPS) is 11.8. The average molecular weight is 441 g/mol. The van der Waals surface area contributed by atoms with Crippen LogP contribution in [-0.4, -0.2) is 10.2 Å². The van der Waals surface area contributed by atoms with E-state index in [0.29, 0.717) is 11.5 Å². The first kappa shape index (κ1) is 28.1. The first-order chi connectivity index (χ1) is 14.7. The van der Waals surface area contributed by atoms with E-state index in [-0.39, 0.29) is 10.8 Å². The van der Waals surface area contributed by atoms with Gasteiger partial charge >= 0.3 is 0 Å². The Kier molecular flexibility index (Phi) is 10.3. The van der Waals surface area contributed by atoms with Crippen LogP contribution in [0.25, 0.3) is 0 Å². The van der Waals surface area contributed by atoms with Crippen LogP contribution in [0.3, 0.4) is 0 Å². The Labute approximate surface area is 198 Å². The summed E-state index contributed by atoms with van der Waals surface area (Å²) in [6.07, 6.45) is 6.89. The van der Waals surface area contributed by atoms with Crippen molar-refractivity contribution in [3.8, 4) is 11.5 Å². The van der Waals surface area contributed by atoms with Crippen LogP contribution in [0.5, 0.6) is 11.5 Å². The molecule has 0 aliphatic heterocycles. The number of hydrogen-bond donors (Lipinski definition) is 2. The van der Waals surface area contributed by atoms with Crippen LogP contribution >= 0.6 is 0 Å². The van der Waals surface area contributed by atoms with Crippen molar-refractivity contribution in [1.29, 1.82) is 0 Å². The molecule has 0 heterocycles. The quantitative estimate of drug-likeness (QED) is 0.471. The van der Waals surface area contributed by atoms with Gasteiger partial charge < -0.3 is 10.2 Å². The van der Waals surface area contributed by atoms with Gasteiger partial charge in [0.15, 0.2) is 0 Å². The molecule has 2 rings (SSSR count). The van der Waals surface area contributed by atoms with Crippen molar-refractivity contribution in [2.75, 3.05) is 0 Å². The molecular formula is C30H48O2. The van der Waals surface area contributed by atoms with Gasteiger partial charge in [-0.2, -0.15) is 0 Å². The third-order valence-electron chi connectivity index (χ3n) is 6.07. The fourth-order valence-electron chi connectivity index (χ4n) is 4.05. The smallest absolute Gasteiger partial charge is 0.123 e. The predicted octanol–water partition coefficient (Wildman–Crippen LogP) is 8.68. The molecule has 32 heavy (non-hydrogen) atoms. The molecule has 0 aliphatic rings. The topological polar surface area (TPSA) is 40.5 Å². The third kappa shape index (κ3) is 7.87. The molecular weight excluding hydrogens is 392 g/mol. The minimum atomic E-state index is -0.0178. The number of unbranched alkanes of at least 4 members (excludes halogenated alkanes) is 2. The molecule has 0 amide bonds. The van der Waals surface area contributed by atoms with E-state index in [1.807, 2.05) is 12.1 Å². The maximum atomic E-state index is 10.4. The van der Waals surface area contributed by atoms with Gasteiger partial charge in [-0.05, 0) is 84.2 Å². The first-order valence-electron chi connectivity index (χ1n) is 12.4. The number of phenols is 2. The van der Waals surface area contributed by atoms with Gasteiger partial charge in [0.25, 0.3) is 0 Å². The van der Waals surface area contributed by atoms with Crippen LogP contribution in [0.1, 0.15) is 114 Å². The molecule has 0 saturated carbocycles. The highest BCUT2D eigenvalue weighted by Gasteiger charge is 2.25. The zero-order chi connectivity index (χ0) is 24.7. The van der Waals surface area contributed by atoms with Crippen molar-refractivity contribution < 1.29 is 10.2 Å². The van der Waals surface area contributed by atoms with Crippen LogP contribution in [-0.2, 0) is 23.7 Å². The lowest BCUT2D eigenvalue weighted by Crippen LogP contribution is -2.17. The Balaban J connectivity index is 0.000000320. The van der Waals surface area contributed by atoms with Crippen molar-refractivity contribution in [3.63, 3.8) is 0 Å². The Morgan fingerprint density at radius 3 is 1.53 bits per heavy atom. The van der Waals surface area contributed by atoms with Gasteiger partial charge in [-0.25, -0.2) is 0 Å². The maximum Gasteiger partial charge on any atom is 0.123 e. The summed E-state index contributed by atoms with van der Waals surface area (Å²) >= 11 is 0. The van der Waals surface area contributed by atoms with Gasteiger partial charge in [0, 0.05) is 0 Å². The third-order valence-corrected chi connectivity index (χ3v) is 6.07. The summed E-state index contributed by atoms with van der Waals surface area (Å²) in [5, 5.41) is 20.3. The fraction of sp³-hybridized carbons (Fsp3) is 0.600. The van der Waals surface area contributed by atoms with E-state index in [1.54, 1.807) is 0 Å². The van der Waals surface area contributed by atoms with Crippen LogP contribution in [0.15, 0.2) is 24.3 Å². The van der Waals surface area contributed by atoms with E-state index in [2.05, 4.69) is 81.4 Å². The van der Waals surface area contributed by atoms with E-state index < -0.39 is 0 Å². The highest BCUT2D eigenvalue weighted by molar-refractivity contribution is 5.49. The second-order valence-electron chi connectivity index (χ2n) is 11.3. The van der Waals surface area contributed by atoms with E-state index in [4.69, 9.17) is 0 Å². The molecule has 180 valence electrons. The van der Waals surface area contributed by atoms with Gasteiger partial charge in [-0.15, -0.1) is 0 Å². The van der Waals surface area contributed by atoms with Crippen molar-refractivity contribution in [2.24, 2.45) is 0 Å². The maximum absolute atomic E-state index is 10.4. The summed E-state index contributed by atoms with van der Waals surface area (Å²) in [6.45, 7) is 21.4. The van der Waals surface area contributed by atoms with Gasteiger partial charge in [0.1, 0.15) is 11.5 Å². The lowest BCUT2D eigenvalue weighted by molar-refractivity contribution is 0.423. The zero-order valence-electron chi connectivity index (χ0n) is 22.4. The van der Waals surface area contributed by atoms with Crippen molar-refractivity contribution in [1.82, 2.24) is 0 Å². The lowest BCUT2D eigenvalue weighted by Gasteiger charge is -2.27. The zero-order valence-corrected chi connectivity index (χ0v) is 22.4. The average Bonchev–Trinajstić information content (AvgIpc) is 2.68. The van der Waals surface area contributed by atoms with E-state index >= 15 is 0 Å². The molecule has 0 saturated heterocycles. The largest absolute Gasteiger partial charge is 0.508 e. The van der Waals surface area contributed by atoms with Gasteiger partial charge in [0.2, 0.25) is 0 Å². The summed E-state index contributed by atoms with van der Waals surface area (Å²) in [7, 11) is 0. The second kappa shape index (κ2) is 11.8. The predicted molar refractivity (Wildman–Crippen MR) is 140 cm³/mol. The number of aromatic hydroxyl groups is 2. The fourth-order valence-corrected chi connectivity index (χ4v) is 4.05. The van der Waals surface area contributed by atoms with Crippen molar-refractivity contribution in [3.05, 3.63) is 57.6 Å². The van der Waals surface area contributed by atoms with Crippen LogP contribution in [0.2, 0.25) is 0 Å². The number of benzene rings is 2. The van der Waals surface area contributed by atoms with Crippen molar-refractivity contribution >= 4 is 0 Å². The molecule has 0 bridgehead atoms. The standard InChI is InChI=1S/2C15H24O/c1-10-8-11(14(2,3)4)13(16)12(9-10)15(5,6)7;1-4-6-8-13-12(3)10-11-15(16)14(13)9-7-5-2/h8-9,16H,1-7H3;10-11,16H,4-9H2,1-3H3. The van der Waals surface area contributed by atoms with Crippen LogP contribution in [0, 0.1) is 13.8 Å². The van der Waals surface area contributed by atoms with Crippen LogP contribution < -0.4 is 0 Å². The molecule has 0 radical (unpaired) electrons. The minimum Gasteiger partial charge on any atom is -0.508 e. The minimum absolute atomic E-state index is 0.0178. The number of aryl methyl sites for hydroxylation is 2. The lowest BCUT2D eigenvalue weighted by atomic mass is 9.78. The molecule has 2 heteroatoms. The molecule has 0 spiro atoms. The monoisotopic (exact) mass is 440 g/mol. The number of rotatable bonds is 6. The SMILES string of the molecule is CCCCc1c(C)ccc(O)c1CCCC.Cc1cc(C(C)(C)C)c(O)c(C(C)(C)C)c1. The Morgan fingerprint density at radius 2 is 1.12 bits per heavy atom. The highest BCUT2D eigenvalue weighted by atomic mass is 16.3. The summed E-state index contributed by atoms with van der Waals surface area (Å²) in [5.41, 5.74) is 7.16. The van der Waals surface area contributed by atoms with E-state index in [0.717, 1.165) is 30.4 Å². The molecule has 0 fully saturated rings. The molecule has 0 atom stereocenters. The molecule has 0 aliphatic carbocycles. The van der Waals surface area contributed by atoms with Crippen LogP contribution in [0.4, 0.5) is 0 Å². The summed E-state index contributed by atoms with van der Waals surface area (Å²) in [5.74, 6) is 0.954. The molecule has 2 N–H and O–H groups in total. The summed E-state index contributed by atoms with van der Waals surface area (Å²) in [4.78, 5) is 0. The van der Waals surface area contributed by atoms with Crippen molar-refractivity contribution in [2.45, 2.75) is 119 Å². The molecule has 2 aromatic carbocycles. The van der Waals surface area contributed by atoms with E-state index in [9.17, 15) is 10.2 Å². The summed E-state index contributed by atoms with van der Waals surface area (Å²) in [6, 6.07) is 8.06. The highest BCUT2D eigenvalue weighted by Crippen LogP contribution is 2.39. The Bertz CT molecular complexity index is 796. The molecule has 2 aromatic rings. The number of hydrogen-bond acceptors (Lipinski definition) is 2. The molecule has 0 unspecified atom stereocenters. The molecule has 0 aromatic heterocycles. The Hall–Kier alpha value is -1.96. The van der Waals surface area contributed by atoms with Gasteiger partial charge in [0.05, 0.1) is 0 Å². The summed E-state index contributed by atoms with van der Waals surface area (Å²) < 4.78 is 0. The molecule has 2 nitrogen and oxygen atoms in total. The first-order valence-corrected chi connectivity index (χ1v) is 12.4. The van der Waals surface area contributed by atoms with E-state index in [1.165, 1.54) is 41.5 Å². The van der Waals surface area contributed by atoms with Gasteiger partial charge in [-0.1, -0.05) is 92.0 Å². The Morgan fingerprint density at radius 1 is 0.688 bits per heavy atom.